The zero-order valence-electron chi connectivity index (χ0n) is 7.04. The van der Waals surface area contributed by atoms with E-state index in [4.69, 9.17) is 4.52 Å². The van der Waals surface area contributed by atoms with Gasteiger partial charge < -0.3 is 9.84 Å². The van der Waals surface area contributed by atoms with Crippen molar-refractivity contribution in [3.8, 4) is 0 Å². The first kappa shape index (κ1) is 8.13. The number of nitrogens with zero attached hydrogens (tertiary/aromatic N) is 1. The molecule has 12 heavy (non-hydrogen) atoms. The van der Waals surface area contributed by atoms with E-state index in [1.54, 1.807) is 0 Å². The van der Waals surface area contributed by atoms with Gasteiger partial charge in [-0.25, -0.2) is 0 Å². The molecule has 0 bridgehead atoms. The SMILES string of the molecule is Cc1cc(CNC2CSC2)no1. The van der Waals surface area contributed by atoms with Gasteiger partial charge in [-0.2, -0.15) is 11.8 Å². The van der Waals surface area contributed by atoms with Crippen LogP contribution in [0.4, 0.5) is 0 Å². The van der Waals surface area contributed by atoms with E-state index in [0.29, 0.717) is 6.04 Å². The van der Waals surface area contributed by atoms with Crippen molar-refractivity contribution in [1.82, 2.24) is 10.5 Å². The fraction of sp³-hybridized carbons (Fsp3) is 0.625. The first-order chi connectivity index (χ1) is 5.84. The lowest BCUT2D eigenvalue weighted by molar-refractivity contribution is 0.386. The summed E-state index contributed by atoms with van der Waals surface area (Å²) < 4.78 is 4.95. The summed E-state index contributed by atoms with van der Waals surface area (Å²) in [7, 11) is 0. The van der Waals surface area contributed by atoms with E-state index in [2.05, 4.69) is 10.5 Å². The van der Waals surface area contributed by atoms with Crippen molar-refractivity contribution in [3.05, 3.63) is 17.5 Å². The topological polar surface area (TPSA) is 38.1 Å². The summed E-state index contributed by atoms with van der Waals surface area (Å²) in [5, 5.41) is 7.31. The second kappa shape index (κ2) is 3.49. The van der Waals surface area contributed by atoms with Crippen LogP contribution in [0.25, 0.3) is 0 Å². The molecule has 0 atom stereocenters. The van der Waals surface area contributed by atoms with Gasteiger partial charge in [0, 0.05) is 30.2 Å². The van der Waals surface area contributed by atoms with Gasteiger partial charge in [-0.1, -0.05) is 5.16 Å². The number of nitrogens with one attached hydrogen (secondary N) is 1. The minimum atomic E-state index is 0.687. The van der Waals surface area contributed by atoms with Crippen LogP contribution in [0.5, 0.6) is 0 Å². The standard InChI is InChI=1S/C8H12N2OS/c1-6-2-7(10-11-6)3-9-8-4-12-5-8/h2,8-9H,3-5H2,1H3. The second-order valence-corrected chi connectivity index (χ2v) is 4.12. The average Bonchev–Trinajstić information content (AvgIpc) is 2.32. The molecule has 0 aliphatic carbocycles. The average molecular weight is 184 g/mol. The molecule has 2 heterocycles. The summed E-state index contributed by atoms with van der Waals surface area (Å²) in [5.41, 5.74) is 1.00. The fourth-order valence-electron chi connectivity index (χ4n) is 1.10. The van der Waals surface area contributed by atoms with Crippen molar-refractivity contribution < 1.29 is 4.52 Å². The van der Waals surface area contributed by atoms with E-state index < -0.39 is 0 Å². The van der Waals surface area contributed by atoms with Crippen LogP contribution in [0.1, 0.15) is 11.5 Å². The molecule has 4 heteroatoms. The Hall–Kier alpha value is -0.480. The van der Waals surface area contributed by atoms with Gasteiger partial charge in [0.1, 0.15) is 5.76 Å². The third-order valence-electron chi connectivity index (χ3n) is 1.89. The van der Waals surface area contributed by atoms with Crippen LogP contribution in [-0.4, -0.2) is 22.7 Å². The highest BCUT2D eigenvalue weighted by Crippen LogP contribution is 2.17. The van der Waals surface area contributed by atoms with Crippen LogP contribution < -0.4 is 5.32 Å². The van der Waals surface area contributed by atoms with Crippen LogP contribution in [0.2, 0.25) is 0 Å². The molecule has 1 saturated heterocycles. The Labute approximate surface area is 75.9 Å². The molecule has 0 aromatic carbocycles. The van der Waals surface area contributed by atoms with E-state index >= 15 is 0 Å². The summed E-state index contributed by atoms with van der Waals surface area (Å²) in [6, 6.07) is 2.66. The van der Waals surface area contributed by atoms with E-state index in [-0.39, 0.29) is 0 Å². The molecule has 2 rings (SSSR count). The minimum Gasteiger partial charge on any atom is -0.361 e. The first-order valence-electron chi connectivity index (χ1n) is 4.08. The summed E-state index contributed by atoms with van der Waals surface area (Å²) in [4.78, 5) is 0. The normalized spacial score (nSPS) is 17.8. The molecule has 3 nitrogen and oxygen atoms in total. The molecule has 0 saturated carbocycles. The number of hydrogen-bond acceptors (Lipinski definition) is 4. The van der Waals surface area contributed by atoms with Crippen molar-refractivity contribution in [1.29, 1.82) is 0 Å². The summed E-state index contributed by atoms with van der Waals surface area (Å²) >= 11 is 1.98. The van der Waals surface area contributed by atoms with E-state index in [9.17, 15) is 0 Å². The lowest BCUT2D eigenvalue weighted by Crippen LogP contribution is -2.39. The van der Waals surface area contributed by atoms with Crippen LogP contribution in [-0.2, 0) is 6.54 Å². The minimum absolute atomic E-state index is 0.687. The van der Waals surface area contributed by atoms with Gasteiger partial charge in [0.05, 0.1) is 5.69 Å². The van der Waals surface area contributed by atoms with Crippen molar-refractivity contribution in [2.24, 2.45) is 0 Å². The maximum atomic E-state index is 4.95. The van der Waals surface area contributed by atoms with Crippen molar-refractivity contribution in [2.75, 3.05) is 11.5 Å². The predicted octanol–water partition coefficient (Wildman–Crippen LogP) is 1.19. The third kappa shape index (κ3) is 1.81. The summed E-state index contributed by atoms with van der Waals surface area (Å²) in [5.74, 6) is 3.35. The fourth-order valence-corrected chi connectivity index (χ4v) is 1.81. The van der Waals surface area contributed by atoms with E-state index in [1.165, 1.54) is 11.5 Å². The van der Waals surface area contributed by atoms with Gasteiger partial charge in [0.15, 0.2) is 0 Å². The third-order valence-corrected chi connectivity index (χ3v) is 3.16. The highest BCUT2D eigenvalue weighted by Gasteiger charge is 2.17. The zero-order valence-corrected chi connectivity index (χ0v) is 7.86. The van der Waals surface area contributed by atoms with Gasteiger partial charge in [-0.15, -0.1) is 0 Å². The Bertz CT molecular complexity index is 257. The molecule has 1 fully saturated rings. The van der Waals surface area contributed by atoms with Gasteiger partial charge in [0.25, 0.3) is 0 Å². The van der Waals surface area contributed by atoms with Crippen molar-refractivity contribution >= 4 is 11.8 Å². The molecule has 1 aromatic rings. The first-order valence-corrected chi connectivity index (χ1v) is 5.23. The zero-order chi connectivity index (χ0) is 8.39. The quantitative estimate of drug-likeness (QED) is 0.765. The van der Waals surface area contributed by atoms with E-state index in [1.807, 2.05) is 24.8 Å². The number of aromatic nitrogens is 1. The van der Waals surface area contributed by atoms with Crippen LogP contribution in [0.3, 0.4) is 0 Å². The van der Waals surface area contributed by atoms with Crippen molar-refractivity contribution in [2.45, 2.75) is 19.5 Å². The van der Waals surface area contributed by atoms with E-state index in [0.717, 1.165) is 18.0 Å². The molecule has 1 N–H and O–H groups in total. The Kier molecular flexibility index (Phi) is 2.37. The molecule has 1 aliphatic rings. The summed E-state index contributed by atoms with van der Waals surface area (Å²) in [6.07, 6.45) is 0. The molecule has 0 radical (unpaired) electrons. The molecule has 0 unspecified atom stereocenters. The highest BCUT2D eigenvalue weighted by molar-refractivity contribution is 8.00. The number of aryl methyl sites for hydroxylation is 1. The molecule has 1 aromatic heterocycles. The molecule has 0 spiro atoms. The van der Waals surface area contributed by atoms with Crippen LogP contribution >= 0.6 is 11.8 Å². The van der Waals surface area contributed by atoms with Gasteiger partial charge in [0.2, 0.25) is 0 Å². The second-order valence-electron chi connectivity index (χ2n) is 3.04. The number of rotatable bonds is 3. The molecule has 66 valence electrons. The van der Waals surface area contributed by atoms with Crippen LogP contribution in [0, 0.1) is 6.92 Å². The molecule has 1 aliphatic heterocycles. The van der Waals surface area contributed by atoms with Crippen molar-refractivity contribution in [3.63, 3.8) is 0 Å². The monoisotopic (exact) mass is 184 g/mol. The number of thioether (sulfide) groups is 1. The lowest BCUT2D eigenvalue weighted by atomic mass is 10.3. The molecular formula is C8H12N2OS. The largest absolute Gasteiger partial charge is 0.361 e. The predicted molar refractivity (Wildman–Crippen MR) is 49.2 cm³/mol. The number of hydrogen-bond donors (Lipinski definition) is 1. The molecular weight excluding hydrogens is 172 g/mol. The van der Waals surface area contributed by atoms with Gasteiger partial charge in [-0.05, 0) is 6.92 Å². The molecule has 0 amide bonds. The van der Waals surface area contributed by atoms with Crippen LogP contribution in [0.15, 0.2) is 10.6 Å². The Balaban J connectivity index is 1.79. The Morgan fingerprint density at radius 1 is 1.75 bits per heavy atom. The van der Waals surface area contributed by atoms with Gasteiger partial charge >= 0.3 is 0 Å². The summed E-state index contributed by atoms with van der Waals surface area (Å²) in [6.45, 7) is 2.75. The lowest BCUT2D eigenvalue weighted by Gasteiger charge is -2.25. The van der Waals surface area contributed by atoms with Gasteiger partial charge in [-0.3, -0.25) is 0 Å². The Morgan fingerprint density at radius 3 is 3.08 bits per heavy atom. The maximum Gasteiger partial charge on any atom is 0.133 e. The highest BCUT2D eigenvalue weighted by atomic mass is 32.2. The maximum absolute atomic E-state index is 4.95. The smallest absolute Gasteiger partial charge is 0.133 e. The Morgan fingerprint density at radius 2 is 2.58 bits per heavy atom.